The molecule has 1 heteroatoms. The number of rotatable bonds is 8. The number of allylic oxidation sites excluding steroid dienone is 1. The summed E-state index contributed by atoms with van der Waals surface area (Å²) < 4.78 is 4.26. The second-order valence-corrected chi connectivity index (χ2v) is 8.12. The molecule has 0 heterocycles. The van der Waals surface area contributed by atoms with Crippen LogP contribution < -0.4 is 21.2 Å². The standard InChI is InChI=1S/C19H30I/c1-6-8-10-18(11-9-7-2)14-20-19-16(4)12-15(3)13-17(19)5/h12-14H,6-11H2,1-5H3/q+1. The van der Waals surface area contributed by atoms with E-state index in [9.17, 15) is 0 Å². The number of aryl methyl sites for hydroxylation is 3. The zero-order chi connectivity index (χ0) is 15.0. The summed E-state index contributed by atoms with van der Waals surface area (Å²) in [5, 5.41) is 0. The lowest BCUT2D eigenvalue weighted by molar-refractivity contribution is -0.559. The minimum Gasteiger partial charge on any atom is -0.0654 e. The van der Waals surface area contributed by atoms with Crippen LogP contribution in [0.3, 0.4) is 0 Å². The predicted octanol–water partition coefficient (Wildman–Crippen LogP) is 3.13. The Bertz CT molecular complexity index is 410. The molecule has 0 nitrogen and oxygen atoms in total. The lowest BCUT2D eigenvalue weighted by Crippen LogP contribution is -3.59. The summed E-state index contributed by atoms with van der Waals surface area (Å²) in [4.78, 5) is 0. The Morgan fingerprint density at radius 2 is 1.45 bits per heavy atom. The molecule has 0 unspecified atom stereocenters. The molecule has 0 aliphatic rings. The van der Waals surface area contributed by atoms with Gasteiger partial charge in [0.2, 0.25) is 0 Å². The highest BCUT2D eigenvalue weighted by Gasteiger charge is 2.17. The van der Waals surface area contributed by atoms with Gasteiger partial charge in [-0.15, -0.1) is 0 Å². The van der Waals surface area contributed by atoms with Crippen molar-refractivity contribution in [2.45, 2.75) is 73.1 Å². The number of hydrogen-bond acceptors (Lipinski definition) is 0. The van der Waals surface area contributed by atoms with Gasteiger partial charge in [0.15, 0.2) is 7.65 Å². The van der Waals surface area contributed by atoms with Crippen LogP contribution in [0.4, 0.5) is 0 Å². The first kappa shape index (κ1) is 17.7. The monoisotopic (exact) mass is 385 g/mol. The Morgan fingerprint density at radius 3 is 1.90 bits per heavy atom. The number of halogens is 1. The van der Waals surface area contributed by atoms with Crippen LogP contribution in [-0.2, 0) is 0 Å². The van der Waals surface area contributed by atoms with E-state index in [2.05, 4.69) is 50.8 Å². The van der Waals surface area contributed by atoms with E-state index in [-0.39, 0.29) is 21.2 Å². The first-order chi connectivity index (χ1) is 9.58. The van der Waals surface area contributed by atoms with E-state index in [1.807, 2.05) is 0 Å². The lowest BCUT2D eigenvalue weighted by atomic mass is 10.1. The molecule has 0 N–H and O–H groups in total. The van der Waals surface area contributed by atoms with Gasteiger partial charge < -0.3 is 0 Å². The van der Waals surface area contributed by atoms with E-state index >= 15 is 0 Å². The van der Waals surface area contributed by atoms with Gasteiger partial charge in [-0.3, -0.25) is 0 Å². The second kappa shape index (κ2) is 9.59. The lowest BCUT2D eigenvalue weighted by Gasteiger charge is -2.03. The third-order valence-corrected chi connectivity index (χ3v) is 7.12. The molecule has 0 atom stereocenters. The fourth-order valence-corrected chi connectivity index (χ4v) is 5.18. The smallest absolute Gasteiger partial charge is 0.0654 e. The molecule has 1 aromatic rings. The highest BCUT2D eigenvalue weighted by molar-refractivity contribution is 5.27. The van der Waals surface area contributed by atoms with Crippen LogP contribution in [0.15, 0.2) is 21.8 Å². The van der Waals surface area contributed by atoms with E-state index in [1.165, 1.54) is 55.2 Å². The fraction of sp³-hybridized carbons (Fsp3) is 0.579. The van der Waals surface area contributed by atoms with E-state index in [0.29, 0.717) is 0 Å². The van der Waals surface area contributed by atoms with Gasteiger partial charge in [0, 0.05) is 11.1 Å². The van der Waals surface area contributed by atoms with Gasteiger partial charge in [-0.1, -0.05) is 44.4 Å². The van der Waals surface area contributed by atoms with Crippen molar-refractivity contribution in [3.05, 3.63) is 42.0 Å². The highest BCUT2D eigenvalue weighted by atomic mass is 127. The van der Waals surface area contributed by atoms with Gasteiger partial charge in [0.1, 0.15) is 0 Å². The first-order valence-electron chi connectivity index (χ1n) is 7.97. The summed E-state index contributed by atoms with van der Waals surface area (Å²) >= 11 is 0.0327. The molecule has 0 aliphatic carbocycles. The topological polar surface area (TPSA) is 0 Å². The molecule has 20 heavy (non-hydrogen) atoms. The maximum absolute atomic E-state index is 2.62. The van der Waals surface area contributed by atoms with Crippen LogP contribution in [0.1, 0.15) is 69.1 Å². The van der Waals surface area contributed by atoms with Crippen molar-refractivity contribution in [1.29, 1.82) is 0 Å². The summed E-state index contributed by atoms with van der Waals surface area (Å²) in [5.74, 6) is 0. The molecule has 0 amide bonds. The van der Waals surface area contributed by atoms with Gasteiger partial charge in [0.25, 0.3) is 0 Å². The molecule has 0 aromatic heterocycles. The quantitative estimate of drug-likeness (QED) is 0.604. The van der Waals surface area contributed by atoms with Gasteiger partial charge in [0.05, 0.1) is 0 Å². The van der Waals surface area contributed by atoms with Crippen LogP contribution in [0.2, 0.25) is 0 Å². The average molecular weight is 385 g/mol. The van der Waals surface area contributed by atoms with Crippen LogP contribution in [-0.4, -0.2) is 0 Å². The molecule has 1 rings (SSSR count). The number of benzene rings is 1. The van der Waals surface area contributed by atoms with Crippen LogP contribution in [0.25, 0.3) is 0 Å². The summed E-state index contributed by atoms with van der Waals surface area (Å²) in [6.07, 6.45) is 7.96. The molecular weight excluding hydrogens is 355 g/mol. The van der Waals surface area contributed by atoms with Crippen molar-refractivity contribution in [1.82, 2.24) is 0 Å². The molecular formula is C19H30I+. The summed E-state index contributed by atoms with van der Waals surface area (Å²) in [7, 11) is 0. The van der Waals surface area contributed by atoms with Gasteiger partial charge in [-0.05, 0) is 52.0 Å². The molecule has 0 bridgehead atoms. The highest BCUT2D eigenvalue weighted by Crippen LogP contribution is 2.13. The van der Waals surface area contributed by atoms with Crippen molar-refractivity contribution in [3.8, 4) is 0 Å². The molecule has 0 saturated carbocycles. The zero-order valence-corrected chi connectivity index (χ0v) is 16.0. The van der Waals surface area contributed by atoms with Gasteiger partial charge in [-0.2, -0.15) is 0 Å². The molecule has 0 saturated heterocycles. The van der Waals surface area contributed by atoms with E-state index in [0.717, 1.165) is 0 Å². The largest absolute Gasteiger partial charge is 0.350 e. The first-order valence-corrected chi connectivity index (χ1v) is 10.3. The van der Waals surface area contributed by atoms with Crippen molar-refractivity contribution < 1.29 is 21.2 Å². The Hall–Kier alpha value is -0.310. The van der Waals surface area contributed by atoms with E-state index in [1.54, 1.807) is 9.14 Å². The minimum absolute atomic E-state index is 0.0327. The zero-order valence-electron chi connectivity index (χ0n) is 13.9. The molecule has 0 spiro atoms. The third kappa shape index (κ3) is 5.99. The fourth-order valence-electron chi connectivity index (χ4n) is 2.51. The van der Waals surface area contributed by atoms with Crippen LogP contribution >= 0.6 is 0 Å². The summed E-state index contributed by atoms with van der Waals surface area (Å²) in [5.41, 5.74) is 6.11. The van der Waals surface area contributed by atoms with Crippen LogP contribution in [0, 0.1) is 24.3 Å². The van der Waals surface area contributed by atoms with E-state index in [4.69, 9.17) is 0 Å². The molecule has 0 aliphatic heterocycles. The van der Waals surface area contributed by atoms with Crippen molar-refractivity contribution in [2.75, 3.05) is 0 Å². The van der Waals surface area contributed by atoms with Crippen LogP contribution in [0.5, 0.6) is 0 Å². The maximum atomic E-state index is 2.62. The summed E-state index contributed by atoms with van der Waals surface area (Å²) in [6, 6.07) is 4.68. The number of hydrogen-bond donors (Lipinski definition) is 0. The van der Waals surface area contributed by atoms with Crippen molar-refractivity contribution >= 4 is 0 Å². The van der Waals surface area contributed by atoms with Crippen molar-refractivity contribution in [3.63, 3.8) is 0 Å². The Kier molecular flexibility index (Phi) is 8.51. The van der Waals surface area contributed by atoms with Gasteiger partial charge in [-0.25, -0.2) is 0 Å². The minimum atomic E-state index is 0.0327. The SMILES string of the molecule is CCCCC(=C[I+]c1c(C)cc(C)cc1C)CCCC. The van der Waals surface area contributed by atoms with Gasteiger partial charge >= 0.3 is 21.2 Å². The average Bonchev–Trinajstić information content (AvgIpc) is 2.39. The predicted molar refractivity (Wildman–Crippen MR) is 86.5 cm³/mol. The molecule has 0 fully saturated rings. The van der Waals surface area contributed by atoms with Crippen molar-refractivity contribution in [2.24, 2.45) is 0 Å². The Balaban J connectivity index is 2.80. The Labute approximate surface area is 136 Å². The maximum Gasteiger partial charge on any atom is 0.350 e. The molecule has 0 radical (unpaired) electrons. The normalized spacial score (nSPS) is 10.7. The number of unbranched alkanes of at least 4 members (excludes halogenated alkanes) is 2. The molecule has 1 aromatic carbocycles. The van der Waals surface area contributed by atoms with E-state index < -0.39 is 0 Å². The third-order valence-electron chi connectivity index (χ3n) is 3.60. The molecule has 112 valence electrons. The second-order valence-electron chi connectivity index (χ2n) is 5.80. The Morgan fingerprint density at radius 1 is 0.950 bits per heavy atom. The summed E-state index contributed by atoms with van der Waals surface area (Å²) in [6.45, 7) is 11.3.